The molecule has 0 fully saturated rings. The number of hydrogen-bond acceptors (Lipinski definition) is 4. The summed E-state index contributed by atoms with van der Waals surface area (Å²) in [6.45, 7) is 4.07. The molecule has 1 rings (SSSR count). The van der Waals surface area contributed by atoms with Gasteiger partial charge in [0, 0.05) is 5.56 Å². The maximum absolute atomic E-state index is 9.64. The molecule has 1 atom stereocenters. The predicted octanol–water partition coefficient (Wildman–Crippen LogP) is 2.16. The average molecular weight is 226 g/mol. The molecule has 90 valence electrons. The lowest BCUT2D eigenvalue weighted by Crippen LogP contribution is -2.03. The first-order valence-corrected chi connectivity index (χ1v) is 5.21. The molecular formula is C12H18O4. The molecule has 1 N–H and O–H groups in total. The summed E-state index contributed by atoms with van der Waals surface area (Å²) in [4.78, 5) is 0. The lowest BCUT2D eigenvalue weighted by Gasteiger charge is -2.18. The van der Waals surface area contributed by atoms with E-state index in [-0.39, 0.29) is 0 Å². The fourth-order valence-corrected chi connectivity index (χ4v) is 1.54. The van der Waals surface area contributed by atoms with Crippen LogP contribution in [0.15, 0.2) is 12.1 Å². The van der Waals surface area contributed by atoms with E-state index < -0.39 is 6.10 Å². The van der Waals surface area contributed by atoms with Gasteiger partial charge in [-0.3, -0.25) is 0 Å². The summed E-state index contributed by atoms with van der Waals surface area (Å²) >= 11 is 0. The van der Waals surface area contributed by atoms with Crippen molar-refractivity contribution in [3.8, 4) is 17.2 Å². The van der Waals surface area contributed by atoms with Gasteiger partial charge in [-0.25, -0.2) is 0 Å². The van der Waals surface area contributed by atoms with E-state index in [0.717, 1.165) is 0 Å². The van der Waals surface area contributed by atoms with Crippen LogP contribution >= 0.6 is 0 Å². The fourth-order valence-electron chi connectivity index (χ4n) is 1.54. The fraction of sp³-hybridized carbons (Fsp3) is 0.500. The second kappa shape index (κ2) is 5.61. The van der Waals surface area contributed by atoms with Gasteiger partial charge >= 0.3 is 0 Å². The van der Waals surface area contributed by atoms with Crippen molar-refractivity contribution in [2.24, 2.45) is 0 Å². The topological polar surface area (TPSA) is 47.9 Å². The van der Waals surface area contributed by atoms with Crippen molar-refractivity contribution in [2.75, 3.05) is 20.8 Å². The van der Waals surface area contributed by atoms with E-state index in [1.165, 1.54) is 0 Å². The molecule has 0 amide bonds. The third kappa shape index (κ3) is 2.39. The summed E-state index contributed by atoms with van der Waals surface area (Å²) in [6.07, 6.45) is -0.610. The first-order chi connectivity index (χ1) is 7.65. The van der Waals surface area contributed by atoms with E-state index >= 15 is 0 Å². The van der Waals surface area contributed by atoms with Crippen LogP contribution in [0.5, 0.6) is 17.2 Å². The zero-order valence-electron chi connectivity index (χ0n) is 10.1. The van der Waals surface area contributed by atoms with Gasteiger partial charge in [0.15, 0.2) is 11.5 Å². The van der Waals surface area contributed by atoms with Crippen LogP contribution in [0.2, 0.25) is 0 Å². The molecule has 4 nitrogen and oxygen atoms in total. The number of aliphatic hydroxyl groups is 1. The van der Waals surface area contributed by atoms with Gasteiger partial charge in [-0.05, 0) is 26.0 Å². The minimum atomic E-state index is -0.610. The monoisotopic (exact) mass is 226 g/mol. The molecule has 4 heteroatoms. The summed E-state index contributed by atoms with van der Waals surface area (Å²) in [5.74, 6) is 1.65. The minimum Gasteiger partial charge on any atom is -0.493 e. The Bertz CT molecular complexity index is 347. The van der Waals surface area contributed by atoms with Crippen LogP contribution in [0.3, 0.4) is 0 Å². The molecule has 0 bridgehead atoms. The molecule has 0 aliphatic rings. The van der Waals surface area contributed by atoms with E-state index in [0.29, 0.717) is 29.4 Å². The molecule has 0 aromatic heterocycles. The third-order valence-electron chi connectivity index (χ3n) is 2.27. The van der Waals surface area contributed by atoms with Crippen molar-refractivity contribution in [1.82, 2.24) is 0 Å². The van der Waals surface area contributed by atoms with Gasteiger partial charge in [0.2, 0.25) is 5.75 Å². The highest BCUT2D eigenvalue weighted by atomic mass is 16.5. The van der Waals surface area contributed by atoms with Gasteiger partial charge in [-0.15, -0.1) is 0 Å². The summed E-state index contributed by atoms with van der Waals surface area (Å²) in [7, 11) is 3.11. The van der Waals surface area contributed by atoms with Crippen LogP contribution in [-0.4, -0.2) is 25.9 Å². The van der Waals surface area contributed by atoms with E-state index in [1.54, 1.807) is 33.3 Å². The molecule has 0 saturated heterocycles. The predicted molar refractivity (Wildman–Crippen MR) is 61.3 cm³/mol. The molecule has 1 unspecified atom stereocenters. The zero-order valence-corrected chi connectivity index (χ0v) is 10.1. The molecule has 0 aliphatic carbocycles. The van der Waals surface area contributed by atoms with Crippen molar-refractivity contribution in [3.63, 3.8) is 0 Å². The first kappa shape index (κ1) is 12.6. The van der Waals surface area contributed by atoms with Gasteiger partial charge in [-0.1, -0.05) is 0 Å². The van der Waals surface area contributed by atoms with Crippen molar-refractivity contribution >= 4 is 0 Å². The zero-order chi connectivity index (χ0) is 12.1. The summed E-state index contributed by atoms with van der Waals surface area (Å²) < 4.78 is 15.9. The van der Waals surface area contributed by atoms with Crippen LogP contribution in [-0.2, 0) is 0 Å². The van der Waals surface area contributed by atoms with Crippen LogP contribution in [0.1, 0.15) is 25.5 Å². The Hall–Kier alpha value is -1.42. The highest BCUT2D eigenvalue weighted by Crippen LogP contribution is 2.42. The van der Waals surface area contributed by atoms with Gasteiger partial charge in [0.1, 0.15) is 0 Å². The van der Waals surface area contributed by atoms with E-state index in [1.807, 2.05) is 6.92 Å². The normalized spacial score (nSPS) is 12.1. The highest BCUT2D eigenvalue weighted by Gasteiger charge is 2.18. The Balaban J connectivity index is 3.31. The molecule has 1 aromatic rings. The van der Waals surface area contributed by atoms with Crippen molar-refractivity contribution in [2.45, 2.75) is 20.0 Å². The van der Waals surface area contributed by atoms with Crippen LogP contribution in [0.25, 0.3) is 0 Å². The lowest BCUT2D eigenvalue weighted by atomic mass is 10.1. The summed E-state index contributed by atoms with van der Waals surface area (Å²) in [6, 6.07) is 3.53. The van der Waals surface area contributed by atoms with Crippen LogP contribution in [0.4, 0.5) is 0 Å². The molecule has 0 saturated carbocycles. The molecule has 1 aromatic carbocycles. The van der Waals surface area contributed by atoms with E-state index in [9.17, 15) is 5.11 Å². The van der Waals surface area contributed by atoms with Gasteiger partial charge in [-0.2, -0.15) is 0 Å². The highest BCUT2D eigenvalue weighted by molar-refractivity contribution is 5.56. The quantitative estimate of drug-likeness (QED) is 0.835. The second-order valence-corrected chi connectivity index (χ2v) is 3.33. The Morgan fingerprint density at radius 1 is 1.19 bits per heavy atom. The standard InChI is InChI=1S/C12H18O4/c1-5-16-11-9(8(2)13)6-7-10(14-3)12(11)15-4/h6-8,13H,5H2,1-4H3. The Kier molecular flexibility index (Phi) is 4.43. The van der Waals surface area contributed by atoms with Gasteiger partial charge in [0.05, 0.1) is 26.9 Å². The van der Waals surface area contributed by atoms with Crippen molar-refractivity contribution in [3.05, 3.63) is 17.7 Å². The Morgan fingerprint density at radius 2 is 1.88 bits per heavy atom. The maximum Gasteiger partial charge on any atom is 0.203 e. The summed E-state index contributed by atoms with van der Waals surface area (Å²) in [5.41, 5.74) is 0.694. The molecule has 0 heterocycles. The van der Waals surface area contributed by atoms with Crippen molar-refractivity contribution in [1.29, 1.82) is 0 Å². The molecule has 0 aliphatic heterocycles. The number of rotatable bonds is 5. The minimum absolute atomic E-state index is 0.503. The number of methoxy groups -OCH3 is 2. The van der Waals surface area contributed by atoms with Gasteiger partial charge in [0.25, 0.3) is 0 Å². The first-order valence-electron chi connectivity index (χ1n) is 5.21. The van der Waals surface area contributed by atoms with Gasteiger partial charge < -0.3 is 19.3 Å². The molecule has 0 spiro atoms. The second-order valence-electron chi connectivity index (χ2n) is 3.33. The Labute approximate surface area is 95.8 Å². The smallest absolute Gasteiger partial charge is 0.203 e. The lowest BCUT2D eigenvalue weighted by molar-refractivity contribution is 0.189. The maximum atomic E-state index is 9.64. The molecule has 0 radical (unpaired) electrons. The third-order valence-corrected chi connectivity index (χ3v) is 2.27. The number of aliphatic hydroxyl groups excluding tert-OH is 1. The number of hydrogen-bond donors (Lipinski definition) is 1. The van der Waals surface area contributed by atoms with E-state index in [2.05, 4.69) is 0 Å². The molecular weight excluding hydrogens is 208 g/mol. The number of ether oxygens (including phenoxy) is 3. The van der Waals surface area contributed by atoms with Crippen LogP contribution < -0.4 is 14.2 Å². The average Bonchev–Trinajstić information content (AvgIpc) is 2.28. The Morgan fingerprint density at radius 3 is 2.31 bits per heavy atom. The van der Waals surface area contributed by atoms with E-state index in [4.69, 9.17) is 14.2 Å². The number of benzene rings is 1. The largest absolute Gasteiger partial charge is 0.493 e. The molecule has 16 heavy (non-hydrogen) atoms. The SMILES string of the molecule is CCOc1c(C(C)O)ccc(OC)c1OC. The van der Waals surface area contributed by atoms with Crippen LogP contribution in [0, 0.1) is 0 Å². The summed E-state index contributed by atoms with van der Waals surface area (Å²) in [5, 5.41) is 9.64. The van der Waals surface area contributed by atoms with Crippen molar-refractivity contribution < 1.29 is 19.3 Å².